The number of carboxylic acid groups (broad SMARTS) is 1. The molecule has 2 aliphatic rings. The van der Waals surface area contributed by atoms with Gasteiger partial charge in [0.15, 0.2) is 0 Å². The lowest BCUT2D eigenvalue weighted by Crippen LogP contribution is -2.26. The van der Waals surface area contributed by atoms with Gasteiger partial charge < -0.3 is 25.0 Å². The molecule has 0 spiro atoms. The topological polar surface area (TPSA) is 91.3 Å². The van der Waals surface area contributed by atoms with Crippen molar-refractivity contribution >= 4 is 18.0 Å². The quantitative estimate of drug-likeness (QED) is 0.314. The lowest BCUT2D eigenvalue weighted by molar-refractivity contribution is 0.188. The number of nitrogens with zero attached hydrogens (tertiary/aromatic N) is 1. The van der Waals surface area contributed by atoms with E-state index in [4.69, 9.17) is 19.7 Å². The van der Waals surface area contributed by atoms with Crippen molar-refractivity contribution in [3.8, 4) is 5.75 Å². The highest BCUT2D eigenvalue weighted by molar-refractivity contribution is 7.97. The van der Waals surface area contributed by atoms with E-state index >= 15 is 0 Å². The zero-order valence-corrected chi connectivity index (χ0v) is 23.3. The summed E-state index contributed by atoms with van der Waals surface area (Å²) in [4.78, 5) is 11.7. The first-order chi connectivity index (χ1) is 17.0. The van der Waals surface area contributed by atoms with E-state index in [1.165, 1.54) is 43.4 Å². The predicted octanol–water partition coefficient (Wildman–Crippen LogP) is 6.45. The number of rotatable bonds is 4. The van der Waals surface area contributed by atoms with E-state index in [-0.39, 0.29) is 6.61 Å². The van der Waals surface area contributed by atoms with Gasteiger partial charge in [-0.05, 0) is 68.7 Å². The van der Waals surface area contributed by atoms with Gasteiger partial charge in [0.1, 0.15) is 5.75 Å². The van der Waals surface area contributed by atoms with Crippen LogP contribution >= 0.6 is 11.9 Å². The Morgan fingerprint density at radius 3 is 2.43 bits per heavy atom. The van der Waals surface area contributed by atoms with Gasteiger partial charge in [-0.3, -0.25) is 0 Å². The number of carbonyl (C=O) groups is 1. The molecule has 1 unspecified atom stereocenters. The van der Waals surface area contributed by atoms with E-state index < -0.39 is 6.09 Å². The van der Waals surface area contributed by atoms with Crippen LogP contribution in [0.5, 0.6) is 5.75 Å². The normalized spacial score (nSPS) is 18.6. The van der Waals surface area contributed by atoms with Crippen LogP contribution in [0.4, 0.5) is 4.79 Å². The summed E-state index contributed by atoms with van der Waals surface area (Å²) < 4.78 is 13.2. The summed E-state index contributed by atoms with van der Waals surface area (Å²) in [6.07, 6.45) is 8.49. The number of aliphatic hydroxyl groups excluding tert-OH is 1. The standard InChI is InChI=1S/C18H28N2O3S.C5H10O.C2H6O.C2H6/c21-18(22)19-11-8-13-20-12-5-3-1-2-4-6-14-23-16-9-7-10-17(15-16)24-20;1-5-2-3-6-4-5;1-2-3;1-2/h7,9-10,15,19H,1-6,8,11-14H2,(H,21,22);5H,2-4H2,1H3;3H,2H2,1H3;1-2H3. The van der Waals surface area contributed by atoms with Crippen molar-refractivity contribution in [2.24, 2.45) is 5.92 Å². The summed E-state index contributed by atoms with van der Waals surface area (Å²) in [6, 6.07) is 8.25. The molecule has 35 heavy (non-hydrogen) atoms. The van der Waals surface area contributed by atoms with E-state index in [0.717, 1.165) is 57.4 Å². The zero-order valence-electron chi connectivity index (χ0n) is 22.5. The molecule has 2 heterocycles. The molecule has 0 aromatic heterocycles. The largest absolute Gasteiger partial charge is 0.494 e. The molecule has 8 heteroatoms. The summed E-state index contributed by atoms with van der Waals surface area (Å²) in [7, 11) is 0. The Labute approximate surface area is 218 Å². The molecule has 1 aromatic carbocycles. The van der Waals surface area contributed by atoms with E-state index in [1.807, 2.05) is 26.0 Å². The van der Waals surface area contributed by atoms with Crippen LogP contribution in [0.2, 0.25) is 0 Å². The molecule has 3 N–H and O–H groups in total. The molecule has 1 saturated heterocycles. The molecule has 1 atom stereocenters. The molecule has 7 nitrogen and oxygen atoms in total. The molecule has 3 rings (SSSR count). The number of hydrogen-bond donors (Lipinski definition) is 3. The molecule has 0 saturated carbocycles. The third-order valence-electron chi connectivity index (χ3n) is 5.13. The van der Waals surface area contributed by atoms with Crippen molar-refractivity contribution in [3.05, 3.63) is 24.3 Å². The highest BCUT2D eigenvalue weighted by atomic mass is 32.2. The van der Waals surface area contributed by atoms with Gasteiger partial charge >= 0.3 is 6.09 Å². The van der Waals surface area contributed by atoms with Crippen molar-refractivity contribution in [1.82, 2.24) is 9.62 Å². The third-order valence-corrected chi connectivity index (χ3v) is 6.22. The number of amides is 1. The van der Waals surface area contributed by atoms with Crippen molar-refractivity contribution in [2.45, 2.75) is 84.0 Å². The van der Waals surface area contributed by atoms with E-state index in [2.05, 4.69) is 28.7 Å². The summed E-state index contributed by atoms with van der Waals surface area (Å²) in [5.41, 5.74) is 0. The van der Waals surface area contributed by atoms with Crippen LogP contribution in [0.25, 0.3) is 0 Å². The SMILES string of the molecule is CC.CC1CCOC1.CCO.O=C(O)NCCCN1CCCCCCCCOc2cccc(c2)S1. The van der Waals surface area contributed by atoms with Crippen LogP contribution in [0.1, 0.15) is 79.1 Å². The van der Waals surface area contributed by atoms with Crippen LogP contribution in [-0.4, -0.2) is 66.7 Å². The van der Waals surface area contributed by atoms with Crippen LogP contribution in [0.3, 0.4) is 0 Å². The number of nitrogens with one attached hydrogen (secondary N) is 1. The summed E-state index contributed by atoms with van der Waals surface area (Å²) >= 11 is 1.74. The highest BCUT2D eigenvalue weighted by Crippen LogP contribution is 2.27. The first-order valence-corrected chi connectivity index (χ1v) is 14.1. The van der Waals surface area contributed by atoms with Crippen molar-refractivity contribution in [3.63, 3.8) is 0 Å². The van der Waals surface area contributed by atoms with Crippen LogP contribution in [-0.2, 0) is 4.74 Å². The fraction of sp³-hybridized carbons (Fsp3) is 0.741. The Morgan fingerprint density at radius 1 is 1.14 bits per heavy atom. The molecule has 204 valence electrons. The number of fused-ring (bicyclic) bond motifs is 2. The number of aliphatic hydroxyl groups is 1. The van der Waals surface area contributed by atoms with Gasteiger partial charge in [-0.25, -0.2) is 9.10 Å². The van der Waals surface area contributed by atoms with Crippen molar-refractivity contribution in [2.75, 3.05) is 46.1 Å². The second-order valence-corrected chi connectivity index (χ2v) is 9.51. The average molecular weight is 515 g/mol. The Hall–Kier alpha value is -1.48. The Bertz CT molecular complexity index is 615. The maximum atomic E-state index is 10.5. The minimum Gasteiger partial charge on any atom is -0.494 e. The summed E-state index contributed by atoms with van der Waals surface area (Å²) in [6.45, 7) is 13.3. The molecule has 0 radical (unpaired) electrons. The van der Waals surface area contributed by atoms with Gasteiger partial charge in [0.05, 0.1) is 6.61 Å². The van der Waals surface area contributed by atoms with Gasteiger partial charge in [-0.2, -0.15) is 0 Å². The third kappa shape index (κ3) is 20.4. The maximum Gasteiger partial charge on any atom is 0.404 e. The minimum absolute atomic E-state index is 0.250. The predicted molar refractivity (Wildman–Crippen MR) is 146 cm³/mol. The molecule has 1 aromatic rings. The van der Waals surface area contributed by atoms with Gasteiger partial charge in [-0.15, -0.1) is 0 Å². The van der Waals surface area contributed by atoms with E-state index in [0.29, 0.717) is 6.54 Å². The fourth-order valence-electron chi connectivity index (χ4n) is 3.36. The van der Waals surface area contributed by atoms with Crippen LogP contribution < -0.4 is 10.1 Å². The first-order valence-electron chi connectivity index (χ1n) is 13.4. The number of benzene rings is 1. The first kappa shape index (κ1) is 33.5. The monoisotopic (exact) mass is 514 g/mol. The molecule has 2 aliphatic heterocycles. The van der Waals surface area contributed by atoms with Gasteiger partial charge in [0.25, 0.3) is 0 Å². The molecule has 2 bridgehead atoms. The van der Waals surface area contributed by atoms with Crippen LogP contribution in [0.15, 0.2) is 29.2 Å². The van der Waals surface area contributed by atoms with Crippen molar-refractivity contribution < 1.29 is 24.5 Å². The van der Waals surface area contributed by atoms with Crippen molar-refractivity contribution in [1.29, 1.82) is 0 Å². The lowest BCUT2D eigenvalue weighted by atomic mass is 10.1. The Morgan fingerprint density at radius 2 is 1.83 bits per heavy atom. The molecule has 1 fully saturated rings. The van der Waals surface area contributed by atoms with Crippen LogP contribution in [0, 0.1) is 5.92 Å². The van der Waals surface area contributed by atoms with E-state index in [1.54, 1.807) is 18.9 Å². The Kier molecular flexibility index (Phi) is 23.2. The number of ether oxygens (including phenoxy) is 2. The average Bonchev–Trinajstić information content (AvgIpc) is 3.33. The summed E-state index contributed by atoms with van der Waals surface area (Å²) in [5.74, 6) is 1.76. The fourth-order valence-corrected chi connectivity index (χ4v) is 4.41. The number of hydrogen-bond acceptors (Lipinski definition) is 6. The summed E-state index contributed by atoms with van der Waals surface area (Å²) in [5, 5.41) is 18.7. The molecule has 0 aliphatic carbocycles. The Balaban J connectivity index is 0.000000875. The minimum atomic E-state index is -0.950. The van der Waals surface area contributed by atoms with E-state index in [9.17, 15) is 4.79 Å². The highest BCUT2D eigenvalue weighted by Gasteiger charge is 2.09. The molecular weight excluding hydrogens is 464 g/mol. The maximum absolute atomic E-state index is 10.5. The van der Waals surface area contributed by atoms with Gasteiger partial charge in [0.2, 0.25) is 0 Å². The second kappa shape index (κ2) is 24.2. The van der Waals surface area contributed by atoms with Gasteiger partial charge in [-0.1, -0.05) is 52.5 Å². The second-order valence-electron chi connectivity index (χ2n) is 8.34. The zero-order chi connectivity index (χ0) is 26.2. The lowest BCUT2D eigenvalue weighted by Gasteiger charge is -2.21. The van der Waals surface area contributed by atoms with Gasteiger partial charge in [0, 0.05) is 44.4 Å². The smallest absolute Gasteiger partial charge is 0.404 e. The molecular formula is C27H50N2O5S. The molecule has 1 amide bonds.